The van der Waals surface area contributed by atoms with Crippen molar-refractivity contribution < 1.29 is 18.3 Å². The maximum absolute atomic E-state index is 14.5. The summed E-state index contributed by atoms with van der Waals surface area (Å²) in [5.41, 5.74) is 8.15. The fraction of sp³-hybridized carbons (Fsp3) is 0.355. The van der Waals surface area contributed by atoms with Gasteiger partial charge in [-0.1, -0.05) is 18.2 Å². The number of carbonyl (C=O) groups excluding carboxylic acids is 1. The number of aromatic nitrogens is 2. The number of hydrogen-bond donors (Lipinski definition) is 1. The van der Waals surface area contributed by atoms with E-state index in [9.17, 15) is 14.4 Å². The highest BCUT2D eigenvalue weighted by molar-refractivity contribution is 6.36. The van der Waals surface area contributed by atoms with Gasteiger partial charge in [0.25, 0.3) is 0 Å². The SMILES string of the molecule is C=CC(=O)N1CCN(c2nc(OC[C@@H]3CCCN3C)nc3cc(-c4cc(F)cc(N)c4Cl)c4ccoc4c23)C[C@@H]1CC#N. The van der Waals surface area contributed by atoms with E-state index in [1.807, 2.05) is 11.0 Å². The van der Waals surface area contributed by atoms with Crippen LogP contribution < -0.4 is 15.4 Å². The third-order valence-electron chi connectivity index (χ3n) is 8.36. The molecule has 10 nitrogen and oxygen atoms in total. The molecule has 0 spiro atoms. The highest BCUT2D eigenvalue weighted by Gasteiger charge is 2.32. The van der Waals surface area contributed by atoms with Gasteiger partial charge in [0.15, 0.2) is 0 Å². The highest BCUT2D eigenvalue weighted by atomic mass is 35.5. The summed E-state index contributed by atoms with van der Waals surface area (Å²) in [6.45, 7) is 6.23. The third-order valence-corrected chi connectivity index (χ3v) is 8.78. The number of nitrogen functional groups attached to an aromatic ring is 1. The summed E-state index contributed by atoms with van der Waals surface area (Å²) in [6.07, 6.45) is 5.08. The lowest BCUT2D eigenvalue weighted by Gasteiger charge is -2.41. The Bertz CT molecular complexity index is 1770. The van der Waals surface area contributed by atoms with Crippen LogP contribution in [0.1, 0.15) is 19.3 Å². The number of amides is 1. The van der Waals surface area contributed by atoms with Gasteiger partial charge in [0.05, 0.1) is 46.4 Å². The summed E-state index contributed by atoms with van der Waals surface area (Å²) in [5.74, 6) is -0.177. The van der Waals surface area contributed by atoms with Gasteiger partial charge in [-0.25, -0.2) is 4.39 Å². The Morgan fingerprint density at radius 2 is 2.12 bits per heavy atom. The molecule has 0 radical (unpaired) electrons. The molecule has 2 N–H and O–H groups in total. The number of furan rings is 1. The topological polar surface area (TPSA) is 125 Å². The summed E-state index contributed by atoms with van der Waals surface area (Å²) in [7, 11) is 2.07. The second-order valence-corrected chi connectivity index (χ2v) is 11.3. The van der Waals surface area contributed by atoms with Gasteiger partial charge in [0.2, 0.25) is 5.91 Å². The smallest absolute Gasteiger partial charge is 0.319 e. The largest absolute Gasteiger partial charge is 0.463 e. The van der Waals surface area contributed by atoms with E-state index in [2.05, 4.69) is 24.6 Å². The van der Waals surface area contributed by atoms with E-state index >= 15 is 0 Å². The first-order valence-electron chi connectivity index (χ1n) is 14.1. The lowest BCUT2D eigenvalue weighted by Crippen LogP contribution is -2.55. The predicted molar refractivity (Wildman–Crippen MR) is 163 cm³/mol. The standard InChI is InChI=1S/C31H31ClFN7O3/c1-3-26(41)40-11-10-39(16-19(40)6-8-34)30-27-25(36-31(37-30)43-17-20-5-4-9-38(20)2)15-22(21-7-12-42-29(21)27)23-13-18(33)14-24(35)28(23)32/h3,7,12-15,19-20H,1,4-6,9-11,16-17,35H2,2H3/t19-,20-/m0/s1. The lowest BCUT2D eigenvalue weighted by molar-refractivity contribution is -0.128. The molecule has 6 rings (SSSR count). The molecule has 0 unspecified atom stereocenters. The number of hydrogen-bond acceptors (Lipinski definition) is 9. The van der Waals surface area contributed by atoms with Gasteiger partial charge < -0.3 is 29.6 Å². The van der Waals surface area contributed by atoms with E-state index in [1.54, 1.807) is 17.2 Å². The fourth-order valence-corrected chi connectivity index (χ4v) is 6.33. The molecule has 4 heterocycles. The number of anilines is 2. The van der Waals surface area contributed by atoms with E-state index in [-0.39, 0.29) is 41.1 Å². The molecule has 2 aromatic carbocycles. The van der Waals surface area contributed by atoms with Crippen molar-refractivity contribution in [2.45, 2.75) is 31.3 Å². The molecule has 2 aliphatic heterocycles. The Morgan fingerprint density at radius 1 is 1.28 bits per heavy atom. The van der Waals surface area contributed by atoms with Crippen LogP contribution >= 0.6 is 11.6 Å². The van der Waals surface area contributed by atoms with Crippen LogP contribution in [0.4, 0.5) is 15.9 Å². The molecular weight excluding hydrogens is 573 g/mol. The number of nitrogens with two attached hydrogens (primary N) is 1. The Hall–Kier alpha value is -4.40. The molecule has 43 heavy (non-hydrogen) atoms. The van der Waals surface area contributed by atoms with Crippen LogP contribution in [0.2, 0.25) is 5.02 Å². The van der Waals surface area contributed by atoms with Crippen molar-refractivity contribution in [3.63, 3.8) is 0 Å². The summed E-state index contributed by atoms with van der Waals surface area (Å²) >= 11 is 6.58. The van der Waals surface area contributed by atoms with Gasteiger partial charge in [0.1, 0.15) is 23.8 Å². The maximum atomic E-state index is 14.5. The summed E-state index contributed by atoms with van der Waals surface area (Å²) in [6, 6.07) is 8.38. The summed E-state index contributed by atoms with van der Waals surface area (Å²) in [4.78, 5) is 28.2. The minimum atomic E-state index is -0.516. The van der Waals surface area contributed by atoms with Crippen LogP contribution in [0.25, 0.3) is 33.0 Å². The number of nitriles is 1. The Balaban J connectivity index is 1.51. The molecule has 2 fully saturated rings. The maximum Gasteiger partial charge on any atom is 0.319 e. The number of nitrogens with zero attached hydrogens (tertiary/aromatic N) is 6. The van der Waals surface area contributed by atoms with Crippen molar-refractivity contribution in [3.05, 3.63) is 54.0 Å². The predicted octanol–water partition coefficient (Wildman–Crippen LogP) is 5.01. The van der Waals surface area contributed by atoms with Gasteiger partial charge in [-0.3, -0.25) is 4.79 Å². The van der Waals surface area contributed by atoms with Crippen molar-refractivity contribution in [1.29, 1.82) is 5.26 Å². The number of likely N-dealkylation sites (N-methyl/N-ethyl adjacent to an activating group) is 1. The van der Waals surface area contributed by atoms with E-state index in [1.165, 1.54) is 18.2 Å². The minimum absolute atomic E-state index is 0.122. The molecule has 222 valence electrons. The number of fused-ring (bicyclic) bond motifs is 3. The molecule has 0 bridgehead atoms. The van der Waals surface area contributed by atoms with Gasteiger partial charge >= 0.3 is 6.01 Å². The first kappa shape index (κ1) is 28.7. The first-order valence-corrected chi connectivity index (χ1v) is 14.5. The molecule has 1 amide bonds. The molecule has 0 aliphatic carbocycles. The molecule has 2 atom stereocenters. The van der Waals surface area contributed by atoms with E-state index in [0.29, 0.717) is 65.1 Å². The van der Waals surface area contributed by atoms with Gasteiger partial charge in [-0.05, 0) is 62.3 Å². The molecule has 2 saturated heterocycles. The van der Waals surface area contributed by atoms with E-state index < -0.39 is 5.82 Å². The molecule has 0 saturated carbocycles. The van der Waals surface area contributed by atoms with Crippen LogP contribution in [-0.2, 0) is 4.79 Å². The monoisotopic (exact) mass is 603 g/mol. The quantitative estimate of drug-likeness (QED) is 0.229. The minimum Gasteiger partial charge on any atom is -0.463 e. The Morgan fingerprint density at radius 3 is 2.86 bits per heavy atom. The normalized spacial score (nSPS) is 19.2. The van der Waals surface area contributed by atoms with Gasteiger partial charge in [-0.2, -0.15) is 15.2 Å². The Labute approximate surface area is 253 Å². The summed E-state index contributed by atoms with van der Waals surface area (Å²) in [5, 5.41) is 11.1. The highest BCUT2D eigenvalue weighted by Crippen LogP contribution is 2.43. The second-order valence-electron chi connectivity index (χ2n) is 11.0. The average molecular weight is 604 g/mol. The molecule has 2 aromatic heterocycles. The lowest BCUT2D eigenvalue weighted by atomic mass is 9.98. The van der Waals surface area contributed by atoms with Crippen LogP contribution in [0, 0.1) is 17.1 Å². The number of likely N-dealkylation sites (tertiary alicyclic amines) is 1. The zero-order valence-corrected chi connectivity index (χ0v) is 24.5. The second kappa shape index (κ2) is 11.7. The number of ether oxygens (including phenoxy) is 1. The number of piperazine rings is 1. The van der Waals surface area contributed by atoms with Crippen LogP contribution in [0.15, 0.2) is 47.6 Å². The number of benzene rings is 2. The van der Waals surface area contributed by atoms with Gasteiger partial charge in [0, 0.05) is 36.6 Å². The Kier molecular flexibility index (Phi) is 7.81. The zero-order chi connectivity index (χ0) is 30.2. The van der Waals surface area contributed by atoms with Crippen molar-refractivity contribution in [3.8, 4) is 23.2 Å². The van der Waals surface area contributed by atoms with Crippen molar-refractivity contribution in [2.24, 2.45) is 0 Å². The van der Waals surface area contributed by atoms with Crippen LogP contribution in [-0.4, -0.2) is 77.6 Å². The van der Waals surface area contributed by atoms with E-state index in [4.69, 9.17) is 36.5 Å². The molecule has 2 aliphatic rings. The van der Waals surface area contributed by atoms with Crippen LogP contribution in [0.3, 0.4) is 0 Å². The third kappa shape index (κ3) is 5.32. The molecule has 4 aromatic rings. The number of rotatable bonds is 7. The average Bonchev–Trinajstić information content (AvgIpc) is 3.66. The zero-order valence-electron chi connectivity index (χ0n) is 23.7. The van der Waals surface area contributed by atoms with Crippen molar-refractivity contribution >= 4 is 50.9 Å². The summed E-state index contributed by atoms with van der Waals surface area (Å²) < 4.78 is 26.7. The van der Waals surface area contributed by atoms with Crippen molar-refractivity contribution in [1.82, 2.24) is 19.8 Å². The molecule has 12 heteroatoms. The first-order chi connectivity index (χ1) is 20.8. The van der Waals surface area contributed by atoms with Gasteiger partial charge in [-0.15, -0.1) is 0 Å². The molecular formula is C31H31ClFN7O3. The van der Waals surface area contributed by atoms with E-state index in [0.717, 1.165) is 19.4 Å². The number of halogens is 2. The number of carbonyl (C=O) groups is 1. The van der Waals surface area contributed by atoms with Crippen LogP contribution in [0.5, 0.6) is 6.01 Å². The fourth-order valence-electron chi connectivity index (χ4n) is 6.11. The van der Waals surface area contributed by atoms with Crippen molar-refractivity contribution in [2.75, 3.05) is 50.5 Å².